The van der Waals surface area contributed by atoms with Crippen molar-refractivity contribution in [2.75, 3.05) is 5.32 Å². The summed E-state index contributed by atoms with van der Waals surface area (Å²) in [7, 11) is 0. The van der Waals surface area contributed by atoms with Crippen LogP contribution in [-0.4, -0.2) is 16.2 Å². The number of aromatic nitrogens is 2. The number of hydrogen-bond acceptors (Lipinski definition) is 4. The Morgan fingerprint density at radius 1 is 1.05 bits per heavy atom. The van der Waals surface area contributed by atoms with E-state index in [9.17, 15) is 4.79 Å². The van der Waals surface area contributed by atoms with Gasteiger partial charge in [0.05, 0.1) is 0 Å². The Kier molecular flexibility index (Phi) is 3.66. The maximum absolute atomic E-state index is 12.2. The van der Waals surface area contributed by atoms with Crippen LogP contribution in [-0.2, 0) is 0 Å². The average molecular weight is 300 g/mol. The number of rotatable bonds is 3. The third kappa shape index (κ3) is 2.93. The maximum Gasteiger partial charge on any atom is 0.257 e. The zero-order chi connectivity index (χ0) is 14.7. The number of carbonyl (C=O) groups is 1. The van der Waals surface area contributed by atoms with Gasteiger partial charge in [0.2, 0.25) is 5.82 Å². The highest BCUT2D eigenvalue weighted by Crippen LogP contribution is 2.24. The van der Waals surface area contributed by atoms with Gasteiger partial charge in [0, 0.05) is 16.1 Å². The van der Waals surface area contributed by atoms with Crippen molar-refractivity contribution in [2.45, 2.75) is 0 Å². The Morgan fingerprint density at radius 2 is 1.86 bits per heavy atom. The van der Waals surface area contributed by atoms with Crippen molar-refractivity contribution in [1.29, 1.82) is 0 Å². The number of nitrogens with zero attached hydrogens (tertiary/aromatic N) is 2. The van der Waals surface area contributed by atoms with Crippen LogP contribution in [0.2, 0.25) is 5.02 Å². The fourth-order valence-electron chi connectivity index (χ4n) is 1.87. The molecule has 0 saturated heterocycles. The number of amides is 1. The van der Waals surface area contributed by atoms with E-state index in [0.717, 1.165) is 5.56 Å². The number of halogens is 1. The quantitative estimate of drug-likeness (QED) is 0.801. The summed E-state index contributed by atoms with van der Waals surface area (Å²) >= 11 is 5.87. The van der Waals surface area contributed by atoms with Gasteiger partial charge in [0.25, 0.3) is 5.91 Å². The van der Waals surface area contributed by atoms with E-state index in [-0.39, 0.29) is 11.7 Å². The lowest BCUT2D eigenvalue weighted by molar-refractivity contribution is 0.102. The molecule has 21 heavy (non-hydrogen) atoms. The molecule has 1 amide bonds. The van der Waals surface area contributed by atoms with Gasteiger partial charge in [-0.25, -0.2) is 4.63 Å². The summed E-state index contributed by atoms with van der Waals surface area (Å²) in [6.07, 6.45) is 0. The number of nitrogens with one attached hydrogen (secondary N) is 1. The second-order valence-corrected chi connectivity index (χ2v) is 4.73. The van der Waals surface area contributed by atoms with E-state index in [1.165, 1.54) is 0 Å². The van der Waals surface area contributed by atoms with Crippen LogP contribution in [0.25, 0.3) is 11.3 Å². The molecule has 104 valence electrons. The molecule has 6 heteroatoms. The Morgan fingerprint density at radius 3 is 2.62 bits per heavy atom. The molecule has 2 aromatic carbocycles. The molecule has 1 heterocycles. The van der Waals surface area contributed by atoms with Crippen molar-refractivity contribution in [2.24, 2.45) is 0 Å². The van der Waals surface area contributed by atoms with E-state index in [4.69, 9.17) is 16.2 Å². The first-order valence-corrected chi connectivity index (χ1v) is 6.57. The first-order chi connectivity index (χ1) is 10.2. The maximum atomic E-state index is 12.2. The highest BCUT2D eigenvalue weighted by atomic mass is 35.5. The molecule has 0 aliphatic carbocycles. The van der Waals surface area contributed by atoms with Crippen LogP contribution in [0.3, 0.4) is 0 Å². The summed E-state index contributed by atoms with van der Waals surface area (Å²) < 4.78 is 4.72. The van der Waals surface area contributed by atoms with Gasteiger partial charge in [-0.05, 0) is 28.5 Å². The summed E-state index contributed by atoms with van der Waals surface area (Å²) in [5.41, 5.74) is 1.72. The summed E-state index contributed by atoms with van der Waals surface area (Å²) in [4.78, 5) is 12.2. The molecule has 0 unspecified atom stereocenters. The van der Waals surface area contributed by atoms with Gasteiger partial charge in [-0.3, -0.25) is 4.79 Å². The zero-order valence-corrected chi connectivity index (χ0v) is 11.5. The molecule has 0 aliphatic heterocycles. The van der Waals surface area contributed by atoms with Crippen LogP contribution < -0.4 is 5.32 Å². The largest absolute Gasteiger partial charge is 0.302 e. The first-order valence-electron chi connectivity index (χ1n) is 6.19. The average Bonchev–Trinajstić information content (AvgIpc) is 2.96. The van der Waals surface area contributed by atoms with Gasteiger partial charge in [0.1, 0.15) is 0 Å². The van der Waals surface area contributed by atoms with Gasteiger partial charge in [-0.1, -0.05) is 48.0 Å². The van der Waals surface area contributed by atoms with Crippen LogP contribution in [0.4, 0.5) is 5.82 Å². The number of carbonyl (C=O) groups excluding carboxylic acids is 1. The topological polar surface area (TPSA) is 68.0 Å². The summed E-state index contributed by atoms with van der Waals surface area (Å²) in [5, 5.41) is 10.7. The Labute approximate surface area is 125 Å². The van der Waals surface area contributed by atoms with Gasteiger partial charge < -0.3 is 5.32 Å². The molecule has 0 fully saturated rings. The second-order valence-electron chi connectivity index (χ2n) is 4.29. The predicted molar refractivity (Wildman–Crippen MR) is 79.1 cm³/mol. The molecule has 0 radical (unpaired) electrons. The van der Waals surface area contributed by atoms with Gasteiger partial charge in [-0.15, -0.1) is 0 Å². The highest BCUT2D eigenvalue weighted by molar-refractivity contribution is 6.31. The lowest BCUT2D eigenvalue weighted by atomic mass is 10.1. The van der Waals surface area contributed by atoms with E-state index >= 15 is 0 Å². The fraction of sp³-hybridized carbons (Fsp3) is 0. The summed E-state index contributed by atoms with van der Waals surface area (Å²) in [6.45, 7) is 0. The molecule has 3 rings (SSSR count). The standard InChI is InChI=1S/C15H10ClN3O2/c16-12-8-4-7-11(9-12)15(20)17-14-13(18-21-19-14)10-5-2-1-3-6-10/h1-9H,(H,17,19,20). The molecular weight excluding hydrogens is 290 g/mol. The van der Waals surface area contributed by atoms with Crippen LogP contribution in [0.15, 0.2) is 59.2 Å². The van der Waals surface area contributed by atoms with E-state index in [1.807, 2.05) is 30.3 Å². The minimum atomic E-state index is -0.328. The fourth-order valence-corrected chi connectivity index (χ4v) is 2.06. The number of hydrogen-bond donors (Lipinski definition) is 1. The van der Waals surface area contributed by atoms with Gasteiger partial charge >= 0.3 is 0 Å². The Balaban J connectivity index is 1.87. The van der Waals surface area contributed by atoms with Gasteiger partial charge in [0.15, 0.2) is 5.69 Å². The van der Waals surface area contributed by atoms with Crippen LogP contribution >= 0.6 is 11.6 Å². The van der Waals surface area contributed by atoms with E-state index in [1.54, 1.807) is 24.3 Å². The highest BCUT2D eigenvalue weighted by Gasteiger charge is 2.15. The van der Waals surface area contributed by atoms with Crippen molar-refractivity contribution in [3.63, 3.8) is 0 Å². The SMILES string of the molecule is O=C(Nc1nonc1-c1ccccc1)c1cccc(Cl)c1. The predicted octanol–water partition coefficient (Wildman–Crippen LogP) is 3.64. The van der Waals surface area contributed by atoms with Crippen molar-refractivity contribution >= 4 is 23.3 Å². The third-order valence-electron chi connectivity index (χ3n) is 2.85. The smallest absolute Gasteiger partial charge is 0.257 e. The van der Waals surface area contributed by atoms with Crippen molar-refractivity contribution < 1.29 is 9.42 Å². The first kappa shape index (κ1) is 13.3. The van der Waals surface area contributed by atoms with Crippen molar-refractivity contribution in [3.8, 4) is 11.3 Å². The minimum Gasteiger partial charge on any atom is -0.302 e. The van der Waals surface area contributed by atoms with E-state index < -0.39 is 0 Å². The number of benzene rings is 2. The summed E-state index contributed by atoms with van der Waals surface area (Å²) in [5.74, 6) is -0.0587. The van der Waals surface area contributed by atoms with Gasteiger partial charge in [-0.2, -0.15) is 0 Å². The molecule has 1 N–H and O–H groups in total. The van der Waals surface area contributed by atoms with Crippen LogP contribution in [0.5, 0.6) is 0 Å². The Bertz CT molecular complexity index is 771. The number of anilines is 1. The normalized spacial score (nSPS) is 10.3. The molecule has 0 atom stereocenters. The van der Waals surface area contributed by atoms with Crippen molar-refractivity contribution in [3.05, 3.63) is 65.2 Å². The molecule has 0 spiro atoms. The molecule has 5 nitrogen and oxygen atoms in total. The Hall–Kier alpha value is -2.66. The monoisotopic (exact) mass is 299 g/mol. The molecule has 0 saturated carbocycles. The third-order valence-corrected chi connectivity index (χ3v) is 3.09. The van der Waals surface area contributed by atoms with E-state index in [2.05, 4.69) is 15.6 Å². The van der Waals surface area contributed by atoms with Crippen LogP contribution in [0.1, 0.15) is 10.4 Å². The van der Waals surface area contributed by atoms with E-state index in [0.29, 0.717) is 16.3 Å². The summed E-state index contributed by atoms with van der Waals surface area (Å²) in [6, 6.07) is 16.0. The molecule has 0 aliphatic rings. The van der Waals surface area contributed by atoms with Crippen molar-refractivity contribution in [1.82, 2.24) is 10.3 Å². The molecule has 1 aromatic heterocycles. The van der Waals surface area contributed by atoms with Crippen LogP contribution in [0, 0.1) is 0 Å². The second kappa shape index (κ2) is 5.76. The molecular formula is C15H10ClN3O2. The lowest BCUT2D eigenvalue weighted by Crippen LogP contribution is -2.12. The zero-order valence-electron chi connectivity index (χ0n) is 10.8. The molecule has 3 aromatic rings. The lowest BCUT2D eigenvalue weighted by Gasteiger charge is -2.03. The minimum absolute atomic E-state index is 0.270. The molecule has 0 bridgehead atoms.